The molecule has 1 fully saturated rings. The lowest BCUT2D eigenvalue weighted by Gasteiger charge is -2.23. The number of carboxylic acids is 1. The summed E-state index contributed by atoms with van der Waals surface area (Å²) in [6, 6.07) is 0.321. The second-order valence-electron chi connectivity index (χ2n) is 4.40. The molecule has 4 nitrogen and oxygen atoms in total. The molecule has 15 heavy (non-hydrogen) atoms. The molecule has 86 valence electrons. The third-order valence-electron chi connectivity index (χ3n) is 3.32. The molecule has 0 aromatic rings. The quantitative estimate of drug-likeness (QED) is 0.769. The zero-order valence-corrected chi connectivity index (χ0v) is 9.40. The SMILES string of the molecule is CC(=O)N(C)C1CCC(CCC(=O)O)C1. The van der Waals surface area contributed by atoms with Crippen LogP contribution in [0, 0.1) is 5.92 Å². The number of aliphatic carboxylic acids is 1. The molecule has 0 aromatic heterocycles. The second-order valence-corrected chi connectivity index (χ2v) is 4.40. The van der Waals surface area contributed by atoms with Gasteiger partial charge >= 0.3 is 5.97 Å². The van der Waals surface area contributed by atoms with E-state index in [1.165, 1.54) is 0 Å². The molecule has 0 saturated heterocycles. The Kier molecular flexibility index (Phi) is 4.12. The van der Waals surface area contributed by atoms with Gasteiger partial charge in [0, 0.05) is 26.4 Å². The van der Waals surface area contributed by atoms with Gasteiger partial charge in [0.05, 0.1) is 0 Å². The molecule has 0 heterocycles. The molecule has 4 heteroatoms. The van der Waals surface area contributed by atoms with Crippen LogP contribution in [0.5, 0.6) is 0 Å². The van der Waals surface area contributed by atoms with Crippen LogP contribution >= 0.6 is 0 Å². The Morgan fingerprint density at radius 3 is 2.60 bits per heavy atom. The highest BCUT2D eigenvalue weighted by Crippen LogP contribution is 2.31. The molecule has 2 atom stereocenters. The summed E-state index contributed by atoms with van der Waals surface area (Å²) in [4.78, 5) is 23.3. The van der Waals surface area contributed by atoms with E-state index in [1.54, 1.807) is 11.8 Å². The molecule has 0 radical (unpaired) electrons. The van der Waals surface area contributed by atoms with Gasteiger partial charge in [-0.2, -0.15) is 0 Å². The molecule has 0 spiro atoms. The minimum Gasteiger partial charge on any atom is -0.481 e. The van der Waals surface area contributed by atoms with Crippen LogP contribution in [-0.2, 0) is 9.59 Å². The van der Waals surface area contributed by atoms with Crippen molar-refractivity contribution >= 4 is 11.9 Å². The van der Waals surface area contributed by atoms with E-state index in [0.29, 0.717) is 12.0 Å². The first kappa shape index (κ1) is 12.0. The van der Waals surface area contributed by atoms with Gasteiger partial charge in [0.2, 0.25) is 5.91 Å². The zero-order valence-electron chi connectivity index (χ0n) is 9.40. The number of carbonyl (C=O) groups excluding carboxylic acids is 1. The van der Waals surface area contributed by atoms with Gasteiger partial charge in [0.15, 0.2) is 0 Å². The summed E-state index contributed by atoms with van der Waals surface area (Å²) in [5.74, 6) is -0.148. The number of rotatable bonds is 4. The average Bonchev–Trinajstić information content (AvgIpc) is 2.61. The van der Waals surface area contributed by atoms with Crippen LogP contribution in [0.4, 0.5) is 0 Å². The van der Waals surface area contributed by atoms with Crippen molar-refractivity contribution in [3.63, 3.8) is 0 Å². The van der Waals surface area contributed by atoms with Crippen molar-refractivity contribution < 1.29 is 14.7 Å². The number of amides is 1. The Morgan fingerprint density at radius 2 is 2.07 bits per heavy atom. The smallest absolute Gasteiger partial charge is 0.303 e. The molecule has 1 rings (SSSR count). The largest absolute Gasteiger partial charge is 0.481 e. The van der Waals surface area contributed by atoms with E-state index in [9.17, 15) is 9.59 Å². The molecule has 1 aliphatic carbocycles. The van der Waals surface area contributed by atoms with Crippen LogP contribution in [0.25, 0.3) is 0 Å². The number of hydrogen-bond acceptors (Lipinski definition) is 2. The predicted molar refractivity (Wildman–Crippen MR) is 56.4 cm³/mol. The summed E-state index contributed by atoms with van der Waals surface area (Å²) in [7, 11) is 1.83. The third-order valence-corrected chi connectivity index (χ3v) is 3.32. The Morgan fingerprint density at radius 1 is 1.40 bits per heavy atom. The Balaban J connectivity index is 2.32. The molecular weight excluding hydrogens is 194 g/mol. The van der Waals surface area contributed by atoms with Gasteiger partial charge in [-0.05, 0) is 31.6 Å². The monoisotopic (exact) mass is 213 g/mol. The van der Waals surface area contributed by atoms with E-state index in [2.05, 4.69) is 0 Å². The maximum atomic E-state index is 11.1. The lowest BCUT2D eigenvalue weighted by molar-refractivity contribution is -0.137. The van der Waals surface area contributed by atoms with Crippen LogP contribution in [0.1, 0.15) is 39.0 Å². The number of hydrogen-bond donors (Lipinski definition) is 1. The standard InChI is InChI=1S/C11H19NO3/c1-8(13)12(2)10-5-3-9(7-10)4-6-11(14)15/h9-10H,3-7H2,1-2H3,(H,14,15). The third kappa shape index (κ3) is 3.53. The van der Waals surface area contributed by atoms with Crippen molar-refractivity contribution in [2.45, 2.75) is 45.1 Å². The van der Waals surface area contributed by atoms with E-state index in [-0.39, 0.29) is 12.3 Å². The summed E-state index contributed by atoms with van der Waals surface area (Å²) < 4.78 is 0. The van der Waals surface area contributed by atoms with Crippen LogP contribution in [0.2, 0.25) is 0 Å². The minimum absolute atomic E-state index is 0.0962. The van der Waals surface area contributed by atoms with Crippen molar-refractivity contribution in [3.8, 4) is 0 Å². The van der Waals surface area contributed by atoms with E-state index in [4.69, 9.17) is 5.11 Å². The van der Waals surface area contributed by atoms with Gasteiger partial charge in [-0.25, -0.2) is 0 Å². The van der Waals surface area contributed by atoms with Gasteiger partial charge in [-0.1, -0.05) is 0 Å². The van der Waals surface area contributed by atoms with Gasteiger partial charge in [-0.15, -0.1) is 0 Å². The van der Waals surface area contributed by atoms with Crippen LogP contribution in [0.3, 0.4) is 0 Å². The van der Waals surface area contributed by atoms with Gasteiger partial charge in [0.25, 0.3) is 0 Å². The second kappa shape index (κ2) is 5.14. The van der Waals surface area contributed by atoms with Gasteiger partial charge in [0.1, 0.15) is 0 Å². The predicted octanol–water partition coefficient (Wildman–Crippen LogP) is 1.50. The van der Waals surface area contributed by atoms with E-state index >= 15 is 0 Å². The highest BCUT2D eigenvalue weighted by atomic mass is 16.4. The fraction of sp³-hybridized carbons (Fsp3) is 0.818. The molecule has 1 N–H and O–H groups in total. The number of carbonyl (C=O) groups is 2. The Bertz CT molecular complexity index is 252. The molecular formula is C11H19NO3. The number of nitrogens with zero attached hydrogens (tertiary/aromatic N) is 1. The highest BCUT2D eigenvalue weighted by molar-refractivity contribution is 5.73. The highest BCUT2D eigenvalue weighted by Gasteiger charge is 2.28. The van der Waals surface area contributed by atoms with Crippen molar-refractivity contribution in [1.82, 2.24) is 4.90 Å². The van der Waals surface area contributed by atoms with E-state index in [1.807, 2.05) is 7.05 Å². The van der Waals surface area contributed by atoms with Crippen molar-refractivity contribution in [1.29, 1.82) is 0 Å². The van der Waals surface area contributed by atoms with Crippen LogP contribution < -0.4 is 0 Å². The Hall–Kier alpha value is -1.06. The van der Waals surface area contributed by atoms with Gasteiger partial charge < -0.3 is 10.0 Å². The van der Waals surface area contributed by atoms with Crippen LogP contribution in [-0.4, -0.2) is 35.0 Å². The van der Waals surface area contributed by atoms with Crippen LogP contribution in [0.15, 0.2) is 0 Å². The summed E-state index contributed by atoms with van der Waals surface area (Å²) in [6.45, 7) is 1.57. The fourth-order valence-corrected chi connectivity index (χ4v) is 2.25. The molecule has 1 amide bonds. The van der Waals surface area contributed by atoms with Crippen molar-refractivity contribution in [2.75, 3.05) is 7.05 Å². The first-order valence-electron chi connectivity index (χ1n) is 5.46. The molecule has 0 aromatic carbocycles. The van der Waals surface area contributed by atoms with Crippen molar-refractivity contribution in [3.05, 3.63) is 0 Å². The summed E-state index contributed by atoms with van der Waals surface area (Å²) >= 11 is 0. The lowest BCUT2D eigenvalue weighted by Crippen LogP contribution is -2.33. The van der Waals surface area contributed by atoms with E-state index in [0.717, 1.165) is 25.7 Å². The molecule has 2 unspecified atom stereocenters. The maximum absolute atomic E-state index is 11.1. The summed E-state index contributed by atoms with van der Waals surface area (Å²) in [5.41, 5.74) is 0. The minimum atomic E-state index is -0.724. The van der Waals surface area contributed by atoms with Crippen molar-refractivity contribution in [2.24, 2.45) is 5.92 Å². The fourth-order valence-electron chi connectivity index (χ4n) is 2.25. The first-order chi connectivity index (χ1) is 7.00. The lowest BCUT2D eigenvalue weighted by atomic mass is 10.0. The average molecular weight is 213 g/mol. The topological polar surface area (TPSA) is 57.6 Å². The molecule has 0 bridgehead atoms. The molecule has 1 saturated carbocycles. The van der Waals surface area contributed by atoms with E-state index < -0.39 is 5.97 Å². The van der Waals surface area contributed by atoms with Gasteiger partial charge in [-0.3, -0.25) is 9.59 Å². The zero-order chi connectivity index (χ0) is 11.4. The normalized spacial score (nSPS) is 25.2. The maximum Gasteiger partial charge on any atom is 0.303 e. The molecule has 1 aliphatic rings. The number of carboxylic acid groups (broad SMARTS) is 1. The summed E-state index contributed by atoms with van der Waals surface area (Å²) in [5, 5.41) is 8.57. The molecule has 0 aliphatic heterocycles. The Labute approximate surface area is 90.3 Å². The summed E-state index contributed by atoms with van der Waals surface area (Å²) in [6.07, 6.45) is 4.03. The first-order valence-corrected chi connectivity index (χ1v) is 5.46.